The van der Waals surface area contributed by atoms with Gasteiger partial charge in [-0.25, -0.2) is 0 Å². The number of carbonyl (C=O) groups excluding carboxylic acids is 3. The number of nitrogens with zero attached hydrogens (tertiary/aromatic N) is 3. The number of hydrogen-bond acceptors (Lipinski definition) is 6. The molecule has 150 valence electrons. The summed E-state index contributed by atoms with van der Waals surface area (Å²) in [6, 6.07) is 5.18. The van der Waals surface area contributed by atoms with Crippen molar-refractivity contribution in [3.05, 3.63) is 29.3 Å². The van der Waals surface area contributed by atoms with E-state index in [0.717, 1.165) is 29.3 Å². The molecule has 2 fully saturated rings. The quantitative estimate of drug-likeness (QED) is 0.738. The topological polar surface area (TPSA) is 82.2 Å². The van der Waals surface area contributed by atoms with Crippen molar-refractivity contribution >= 4 is 17.7 Å². The summed E-state index contributed by atoms with van der Waals surface area (Å²) < 4.78 is 6.19. The van der Waals surface area contributed by atoms with Crippen LogP contribution in [0.4, 0.5) is 0 Å². The highest BCUT2D eigenvalue weighted by Crippen LogP contribution is 2.31. The Morgan fingerprint density at radius 1 is 1.14 bits per heavy atom. The van der Waals surface area contributed by atoms with Crippen LogP contribution in [0.2, 0.25) is 0 Å². The van der Waals surface area contributed by atoms with E-state index in [4.69, 9.17) is 4.74 Å². The lowest BCUT2D eigenvalue weighted by Crippen LogP contribution is -2.53. The van der Waals surface area contributed by atoms with E-state index in [1.54, 1.807) is 11.0 Å². The molecule has 8 nitrogen and oxygen atoms in total. The molecule has 8 heteroatoms. The molecule has 0 bridgehead atoms. The van der Waals surface area contributed by atoms with E-state index < -0.39 is 6.04 Å². The molecule has 2 saturated heterocycles. The van der Waals surface area contributed by atoms with Crippen LogP contribution >= 0.6 is 0 Å². The minimum Gasteiger partial charge on any atom is -0.487 e. The van der Waals surface area contributed by atoms with Crippen molar-refractivity contribution in [2.45, 2.75) is 37.6 Å². The van der Waals surface area contributed by atoms with Crippen molar-refractivity contribution < 1.29 is 19.1 Å². The Morgan fingerprint density at radius 2 is 1.93 bits per heavy atom. The van der Waals surface area contributed by atoms with Gasteiger partial charge in [-0.1, -0.05) is 0 Å². The van der Waals surface area contributed by atoms with Gasteiger partial charge >= 0.3 is 0 Å². The van der Waals surface area contributed by atoms with Crippen molar-refractivity contribution in [1.82, 2.24) is 20.0 Å². The Hall–Kier alpha value is -2.45. The number of ether oxygens (including phenoxy) is 1. The van der Waals surface area contributed by atoms with Crippen molar-refractivity contribution in [3.8, 4) is 5.75 Å². The Bertz CT molecular complexity index is 826. The number of hydrogen-bond donors (Lipinski definition) is 1. The Labute approximate surface area is 164 Å². The molecule has 3 aliphatic rings. The van der Waals surface area contributed by atoms with Gasteiger partial charge in [-0.3, -0.25) is 19.3 Å². The SMILES string of the molecule is CNC1CN(C)CC1Oc1ccc2c(c1)CN(C1CCC(=O)N(C)C1=O)C2=O. The number of benzene rings is 1. The summed E-state index contributed by atoms with van der Waals surface area (Å²) in [6.07, 6.45) is 0.701. The molecule has 3 amide bonds. The summed E-state index contributed by atoms with van der Waals surface area (Å²) in [6.45, 7) is 2.13. The van der Waals surface area contributed by atoms with Gasteiger partial charge in [-0.15, -0.1) is 0 Å². The predicted octanol–water partition coefficient (Wildman–Crippen LogP) is 0.0706. The second kappa shape index (κ2) is 7.18. The molecule has 3 heterocycles. The minimum absolute atomic E-state index is 0.0424. The van der Waals surface area contributed by atoms with E-state index in [0.29, 0.717) is 18.5 Å². The van der Waals surface area contributed by atoms with Crippen LogP contribution in [0.1, 0.15) is 28.8 Å². The molecule has 4 rings (SSSR count). The number of likely N-dealkylation sites (N-methyl/N-ethyl adjacent to an activating group) is 3. The number of nitrogens with one attached hydrogen (secondary N) is 1. The zero-order chi connectivity index (χ0) is 20.0. The Kier molecular flexibility index (Phi) is 4.84. The Balaban J connectivity index is 1.50. The van der Waals surface area contributed by atoms with Gasteiger partial charge in [0.05, 0.1) is 6.04 Å². The number of imide groups is 1. The van der Waals surface area contributed by atoms with E-state index in [1.165, 1.54) is 7.05 Å². The first kappa shape index (κ1) is 18.9. The first-order valence-corrected chi connectivity index (χ1v) is 9.65. The fourth-order valence-corrected chi connectivity index (χ4v) is 4.37. The molecule has 0 saturated carbocycles. The highest BCUT2D eigenvalue weighted by molar-refractivity contribution is 6.05. The van der Waals surface area contributed by atoms with Gasteiger partial charge in [-0.2, -0.15) is 0 Å². The van der Waals surface area contributed by atoms with Crippen molar-refractivity contribution in [2.24, 2.45) is 0 Å². The molecule has 1 aromatic rings. The number of rotatable bonds is 4. The van der Waals surface area contributed by atoms with E-state index >= 15 is 0 Å². The van der Waals surface area contributed by atoms with Crippen molar-refractivity contribution in [3.63, 3.8) is 0 Å². The number of carbonyl (C=O) groups is 3. The fraction of sp³-hybridized carbons (Fsp3) is 0.550. The molecule has 3 atom stereocenters. The molecule has 0 spiro atoms. The molecular weight excluding hydrogens is 360 g/mol. The molecule has 0 radical (unpaired) electrons. The average Bonchev–Trinajstić information content (AvgIpc) is 3.19. The molecule has 0 aromatic heterocycles. The van der Waals surface area contributed by atoms with Gasteiger partial charge in [0.25, 0.3) is 11.8 Å². The first-order chi connectivity index (χ1) is 13.4. The van der Waals surface area contributed by atoms with Crippen LogP contribution in [0.25, 0.3) is 0 Å². The number of likely N-dealkylation sites (tertiary alicyclic amines) is 2. The fourth-order valence-electron chi connectivity index (χ4n) is 4.37. The molecule has 1 N–H and O–H groups in total. The van der Waals surface area contributed by atoms with Gasteiger partial charge in [0, 0.05) is 38.7 Å². The van der Waals surface area contributed by atoms with Crippen LogP contribution in [0.5, 0.6) is 5.75 Å². The molecular formula is C20H26N4O4. The second-order valence-electron chi connectivity index (χ2n) is 7.87. The smallest absolute Gasteiger partial charge is 0.255 e. The summed E-state index contributed by atoms with van der Waals surface area (Å²) in [5.41, 5.74) is 1.47. The third-order valence-corrected chi connectivity index (χ3v) is 6.01. The summed E-state index contributed by atoms with van der Waals surface area (Å²) in [4.78, 5) is 42.0. The molecule has 3 aliphatic heterocycles. The molecule has 3 unspecified atom stereocenters. The van der Waals surface area contributed by atoms with Gasteiger partial charge in [0.2, 0.25) is 5.91 Å². The van der Waals surface area contributed by atoms with Crippen molar-refractivity contribution in [2.75, 3.05) is 34.2 Å². The van der Waals surface area contributed by atoms with Crippen LogP contribution in [-0.2, 0) is 16.1 Å². The van der Waals surface area contributed by atoms with Crippen LogP contribution in [0.15, 0.2) is 18.2 Å². The van der Waals surface area contributed by atoms with Gasteiger partial charge in [-0.05, 0) is 44.3 Å². The molecule has 28 heavy (non-hydrogen) atoms. The number of fused-ring (bicyclic) bond motifs is 1. The van der Waals surface area contributed by atoms with E-state index in [-0.39, 0.29) is 36.3 Å². The maximum Gasteiger partial charge on any atom is 0.255 e. The van der Waals surface area contributed by atoms with E-state index in [2.05, 4.69) is 17.3 Å². The lowest BCUT2D eigenvalue weighted by atomic mass is 10.0. The van der Waals surface area contributed by atoms with Crippen LogP contribution in [-0.4, -0.2) is 84.8 Å². The zero-order valence-electron chi connectivity index (χ0n) is 16.5. The second-order valence-corrected chi connectivity index (χ2v) is 7.87. The van der Waals surface area contributed by atoms with Gasteiger partial charge in [0.1, 0.15) is 17.9 Å². The highest BCUT2D eigenvalue weighted by Gasteiger charge is 2.41. The standard InChI is InChI=1S/C20H26N4O4/c1-21-15-10-22(2)11-17(15)28-13-4-5-14-12(8-13)9-24(19(14)26)16-6-7-18(25)23(3)20(16)27/h4-5,8,15-17,21H,6-7,9-11H2,1-3H3. The predicted molar refractivity (Wildman–Crippen MR) is 102 cm³/mol. The van der Waals surface area contributed by atoms with Gasteiger partial charge < -0.3 is 19.9 Å². The van der Waals surface area contributed by atoms with Crippen LogP contribution in [0, 0.1) is 0 Å². The summed E-state index contributed by atoms with van der Waals surface area (Å²) >= 11 is 0. The minimum atomic E-state index is -0.580. The van der Waals surface area contributed by atoms with E-state index in [1.807, 2.05) is 19.2 Å². The maximum absolute atomic E-state index is 12.8. The lowest BCUT2D eigenvalue weighted by molar-refractivity contribution is -0.150. The molecule has 1 aromatic carbocycles. The number of piperidine rings is 1. The Morgan fingerprint density at radius 3 is 2.68 bits per heavy atom. The van der Waals surface area contributed by atoms with Crippen LogP contribution in [0.3, 0.4) is 0 Å². The first-order valence-electron chi connectivity index (χ1n) is 9.65. The zero-order valence-corrected chi connectivity index (χ0v) is 16.5. The van der Waals surface area contributed by atoms with Crippen molar-refractivity contribution in [1.29, 1.82) is 0 Å². The summed E-state index contributed by atoms with van der Waals surface area (Å²) in [5, 5.41) is 3.29. The van der Waals surface area contributed by atoms with Crippen LogP contribution < -0.4 is 10.1 Å². The summed E-state index contributed by atoms with van der Waals surface area (Å²) in [5.74, 6) is 0.0778. The molecule has 0 aliphatic carbocycles. The van der Waals surface area contributed by atoms with E-state index in [9.17, 15) is 14.4 Å². The maximum atomic E-state index is 12.8. The average molecular weight is 386 g/mol. The van der Waals surface area contributed by atoms with Gasteiger partial charge in [0.15, 0.2) is 0 Å². The number of amides is 3. The monoisotopic (exact) mass is 386 g/mol. The third kappa shape index (κ3) is 3.16. The highest BCUT2D eigenvalue weighted by atomic mass is 16.5. The largest absolute Gasteiger partial charge is 0.487 e. The third-order valence-electron chi connectivity index (χ3n) is 6.01. The lowest BCUT2D eigenvalue weighted by Gasteiger charge is -2.33. The summed E-state index contributed by atoms with van der Waals surface area (Å²) in [7, 11) is 5.48. The normalized spacial score (nSPS) is 28.2.